The van der Waals surface area contributed by atoms with E-state index in [0.717, 1.165) is 15.6 Å². The summed E-state index contributed by atoms with van der Waals surface area (Å²) in [6.45, 7) is 4.14. The third-order valence-electron chi connectivity index (χ3n) is 3.13. The monoisotopic (exact) mass is 338 g/mol. The molecule has 7 heteroatoms. The van der Waals surface area contributed by atoms with Gasteiger partial charge in [0.25, 0.3) is 0 Å². The second-order valence-corrected chi connectivity index (χ2v) is 5.50. The molecular formula is C13H15BrN4O2. The van der Waals surface area contributed by atoms with Crippen molar-refractivity contribution >= 4 is 27.4 Å². The first-order chi connectivity index (χ1) is 9.40. The minimum absolute atomic E-state index is 0.0279. The number of halogens is 1. The lowest BCUT2D eigenvalue weighted by atomic mass is 10.1. The van der Waals surface area contributed by atoms with Crippen LogP contribution in [-0.2, 0) is 13.6 Å². The van der Waals surface area contributed by atoms with Crippen molar-refractivity contribution in [3.8, 4) is 0 Å². The summed E-state index contributed by atoms with van der Waals surface area (Å²) in [5, 5.41) is 18.3. The second-order valence-electron chi connectivity index (χ2n) is 4.59. The Kier molecular flexibility index (Phi) is 4.08. The fourth-order valence-corrected chi connectivity index (χ4v) is 2.48. The largest absolute Gasteiger partial charge is 0.360 e. The number of aryl methyl sites for hydroxylation is 3. The van der Waals surface area contributed by atoms with Gasteiger partial charge in [-0.3, -0.25) is 10.1 Å². The number of hydrogen-bond donors (Lipinski definition) is 1. The molecule has 0 fully saturated rings. The third kappa shape index (κ3) is 2.82. The van der Waals surface area contributed by atoms with Gasteiger partial charge in [-0.2, -0.15) is 5.10 Å². The maximum atomic E-state index is 11.1. The summed E-state index contributed by atoms with van der Waals surface area (Å²) < 4.78 is 2.48. The number of nitrogens with zero attached hydrogens (tertiary/aromatic N) is 3. The van der Waals surface area contributed by atoms with Crippen molar-refractivity contribution in [3.05, 3.63) is 49.6 Å². The molecule has 2 aromatic rings. The predicted molar refractivity (Wildman–Crippen MR) is 80.8 cm³/mol. The highest BCUT2D eigenvalue weighted by Crippen LogP contribution is 2.28. The smallest absolute Gasteiger partial charge is 0.333 e. The van der Waals surface area contributed by atoms with Gasteiger partial charge < -0.3 is 5.32 Å². The first-order valence-corrected chi connectivity index (χ1v) is 6.86. The van der Waals surface area contributed by atoms with E-state index in [1.807, 2.05) is 25.1 Å². The molecule has 20 heavy (non-hydrogen) atoms. The number of nitrogens with one attached hydrogen (secondary N) is 1. The van der Waals surface area contributed by atoms with Crippen molar-refractivity contribution in [2.24, 2.45) is 7.05 Å². The van der Waals surface area contributed by atoms with Crippen LogP contribution in [0.1, 0.15) is 16.8 Å². The van der Waals surface area contributed by atoms with Crippen LogP contribution in [0, 0.1) is 24.0 Å². The number of rotatable bonds is 4. The van der Waals surface area contributed by atoms with Gasteiger partial charge in [0.2, 0.25) is 5.82 Å². The lowest BCUT2D eigenvalue weighted by molar-refractivity contribution is -0.384. The Morgan fingerprint density at radius 2 is 2.15 bits per heavy atom. The lowest BCUT2D eigenvalue weighted by Crippen LogP contribution is -2.07. The fourth-order valence-electron chi connectivity index (χ4n) is 2.07. The third-order valence-corrected chi connectivity index (χ3v) is 3.62. The summed E-state index contributed by atoms with van der Waals surface area (Å²) in [5.41, 5.74) is 2.64. The molecule has 0 amide bonds. The molecule has 0 aliphatic rings. The van der Waals surface area contributed by atoms with E-state index >= 15 is 0 Å². The summed E-state index contributed by atoms with van der Waals surface area (Å²) in [4.78, 5) is 10.7. The van der Waals surface area contributed by atoms with E-state index in [0.29, 0.717) is 18.1 Å². The molecule has 0 radical (unpaired) electrons. The van der Waals surface area contributed by atoms with Crippen LogP contribution in [0.4, 0.5) is 11.5 Å². The molecule has 0 unspecified atom stereocenters. The quantitative estimate of drug-likeness (QED) is 0.685. The Labute approximate surface area is 125 Å². The minimum atomic E-state index is -0.404. The van der Waals surface area contributed by atoms with Crippen molar-refractivity contribution in [2.45, 2.75) is 20.4 Å². The topological polar surface area (TPSA) is 73.0 Å². The maximum absolute atomic E-state index is 11.1. The van der Waals surface area contributed by atoms with Crippen LogP contribution in [0.15, 0.2) is 22.7 Å². The molecule has 2 rings (SSSR count). The van der Waals surface area contributed by atoms with Crippen molar-refractivity contribution in [1.82, 2.24) is 9.78 Å². The summed E-state index contributed by atoms with van der Waals surface area (Å²) in [6.07, 6.45) is 0. The van der Waals surface area contributed by atoms with Crippen molar-refractivity contribution < 1.29 is 4.92 Å². The zero-order chi connectivity index (χ0) is 14.9. The summed E-state index contributed by atoms with van der Waals surface area (Å²) in [6, 6.07) is 5.97. The lowest BCUT2D eigenvalue weighted by Gasteiger charge is -2.09. The van der Waals surface area contributed by atoms with E-state index in [1.165, 1.54) is 4.68 Å². The molecule has 0 spiro atoms. The Balaban J connectivity index is 2.27. The van der Waals surface area contributed by atoms with E-state index in [2.05, 4.69) is 26.3 Å². The maximum Gasteiger partial charge on any atom is 0.333 e. The minimum Gasteiger partial charge on any atom is -0.360 e. The number of aromatic nitrogens is 2. The molecule has 0 saturated carbocycles. The second kappa shape index (κ2) is 5.62. The SMILES string of the molecule is Cc1ccc(Br)cc1CNc1c([N+](=O)[O-])c(C)nn1C. The molecule has 1 aromatic carbocycles. The predicted octanol–water partition coefficient (Wildman–Crippen LogP) is 3.32. The Hall–Kier alpha value is -1.89. The van der Waals surface area contributed by atoms with Crippen LogP contribution in [-0.4, -0.2) is 14.7 Å². The van der Waals surface area contributed by atoms with Crippen LogP contribution in [0.5, 0.6) is 0 Å². The van der Waals surface area contributed by atoms with Gasteiger partial charge in [0.15, 0.2) is 0 Å². The zero-order valence-corrected chi connectivity index (χ0v) is 13.1. The Bertz CT molecular complexity index is 667. The zero-order valence-electron chi connectivity index (χ0n) is 11.5. The summed E-state index contributed by atoms with van der Waals surface area (Å²) in [7, 11) is 1.69. The van der Waals surface area contributed by atoms with E-state index in [9.17, 15) is 10.1 Å². The standard InChI is InChI=1S/C13H15BrN4O2/c1-8-4-5-11(14)6-10(8)7-15-13-12(18(19)20)9(2)16-17(13)3/h4-6,15H,7H2,1-3H3. The van der Waals surface area contributed by atoms with Crippen LogP contribution >= 0.6 is 15.9 Å². The van der Waals surface area contributed by atoms with Crippen LogP contribution in [0.2, 0.25) is 0 Å². The van der Waals surface area contributed by atoms with Crippen molar-refractivity contribution in [2.75, 3.05) is 5.32 Å². The number of benzene rings is 1. The number of nitro groups is 1. The molecule has 0 aliphatic carbocycles. The molecule has 0 bridgehead atoms. The average molecular weight is 339 g/mol. The molecular weight excluding hydrogens is 324 g/mol. The van der Waals surface area contributed by atoms with Crippen LogP contribution < -0.4 is 5.32 Å². The van der Waals surface area contributed by atoms with E-state index in [1.54, 1.807) is 14.0 Å². The Morgan fingerprint density at radius 1 is 1.45 bits per heavy atom. The highest BCUT2D eigenvalue weighted by Gasteiger charge is 2.23. The van der Waals surface area contributed by atoms with Crippen LogP contribution in [0.3, 0.4) is 0 Å². The van der Waals surface area contributed by atoms with Gasteiger partial charge >= 0.3 is 5.69 Å². The molecule has 1 heterocycles. The van der Waals surface area contributed by atoms with Crippen LogP contribution in [0.25, 0.3) is 0 Å². The van der Waals surface area contributed by atoms with E-state index in [4.69, 9.17) is 0 Å². The molecule has 6 nitrogen and oxygen atoms in total. The van der Waals surface area contributed by atoms with Gasteiger partial charge in [-0.05, 0) is 37.1 Å². The van der Waals surface area contributed by atoms with E-state index < -0.39 is 4.92 Å². The molecule has 0 saturated heterocycles. The summed E-state index contributed by atoms with van der Waals surface area (Å²) in [5.74, 6) is 0.423. The summed E-state index contributed by atoms with van der Waals surface area (Å²) >= 11 is 3.43. The van der Waals surface area contributed by atoms with Gasteiger partial charge in [-0.1, -0.05) is 22.0 Å². The van der Waals surface area contributed by atoms with Gasteiger partial charge in [-0.15, -0.1) is 0 Å². The molecule has 106 valence electrons. The van der Waals surface area contributed by atoms with Crippen molar-refractivity contribution in [3.63, 3.8) is 0 Å². The number of hydrogen-bond acceptors (Lipinski definition) is 4. The van der Waals surface area contributed by atoms with Crippen molar-refractivity contribution in [1.29, 1.82) is 0 Å². The van der Waals surface area contributed by atoms with E-state index in [-0.39, 0.29) is 5.69 Å². The fraction of sp³-hybridized carbons (Fsp3) is 0.308. The van der Waals surface area contributed by atoms with Gasteiger partial charge in [0.05, 0.1) is 4.92 Å². The van der Waals surface area contributed by atoms with Gasteiger partial charge in [0.1, 0.15) is 5.69 Å². The molecule has 1 N–H and O–H groups in total. The molecule has 1 aromatic heterocycles. The normalized spacial score (nSPS) is 10.6. The van der Waals surface area contributed by atoms with Gasteiger partial charge in [0, 0.05) is 18.1 Å². The van der Waals surface area contributed by atoms with Gasteiger partial charge in [-0.25, -0.2) is 4.68 Å². The number of anilines is 1. The highest BCUT2D eigenvalue weighted by molar-refractivity contribution is 9.10. The first-order valence-electron chi connectivity index (χ1n) is 6.07. The molecule has 0 atom stereocenters. The average Bonchev–Trinajstić information content (AvgIpc) is 2.65. The molecule has 0 aliphatic heterocycles. The highest BCUT2D eigenvalue weighted by atomic mass is 79.9. The first kappa shape index (κ1) is 14.5. The Morgan fingerprint density at radius 3 is 2.80 bits per heavy atom.